The van der Waals surface area contributed by atoms with Crippen LogP contribution >= 0.6 is 15.9 Å². The van der Waals surface area contributed by atoms with Gasteiger partial charge in [-0.25, -0.2) is 8.78 Å². The highest BCUT2D eigenvalue weighted by Crippen LogP contribution is 2.28. The van der Waals surface area contributed by atoms with Gasteiger partial charge in [0.2, 0.25) is 0 Å². The average Bonchev–Trinajstić information content (AvgIpc) is 2.25. The molecule has 94 valence electrons. The summed E-state index contributed by atoms with van der Waals surface area (Å²) in [5.41, 5.74) is 6.73. The molecule has 0 aliphatic rings. The first-order valence-corrected chi connectivity index (χ1v) is 6.04. The fraction of sp³-hybridized carbons (Fsp3) is 0.0769. The normalized spacial score (nSPS) is 10.4. The van der Waals surface area contributed by atoms with Crippen molar-refractivity contribution in [1.29, 1.82) is 0 Å². The molecule has 0 saturated carbocycles. The van der Waals surface area contributed by atoms with Gasteiger partial charge in [-0.05, 0) is 42.8 Å². The van der Waals surface area contributed by atoms with Crippen LogP contribution in [0.1, 0.15) is 5.56 Å². The van der Waals surface area contributed by atoms with Gasteiger partial charge < -0.3 is 11.1 Å². The van der Waals surface area contributed by atoms with Gasteiger partial charge in [-0.1, -0.05) is 15.9 Å². The average molecular weight is 313 g/mol. The summed E-state index contributed by atoms with van der Waals surface area (Å²) in [6, 6.07) is 7.56. The molecule has 5 heteroatoms. The Morgan fingerprint density at radius 3 is 2.28 bits per heavy atom. The predicted octanol–water partition coefficient (Wildman–Crippen LogP) is 4.36. The van der Waals surface area contributed by atoms with E-state index in [1.165, 1.54) is 0 Å². The Bertz CT molecular complexity index is 577. The minimum absolute atomic E-state index is 0.0584. The summed E-state index contributed by atoms with van der Waals surface area (Å²) in [5.74, 6) is -1.43. The maximum atomic E-state index is 13.6. The number of aryl methyl sites for hydroxylation is 1. The summed E-state index contributed by atoms with van der Waals surface area (Å²) in [7, 11) is 0. The van der Waals surface area contributed by atoms with E-state index in [2.05, 4.69) is 21.2 Å². The molecule has 0 spiro atoms. The number of hydrogen-bond donors (Lipinski definition) is 2. The molecule has 0 aliphatic heterocycles. The second-order valence-corrected chi connectivity index (χ2v) is 4.86. The molecular formula is C13H11BrF2N2. The van der Waals surface area contributed by atoms with Crippen LogP contribution in [0.5, 0.6) is 0 Å². The molecule has 0 radical (unpaired) electrons. The van der Waals surface area contributed by atoms with E-state index in [1.807, 2.05) is 13.0 Å². The SMILES string of the molecule is Cc1cc(Br)ccc1Nc1c(F)cc(N)cc1F. The minimum atomic E-state index is -0.713. The lowest BCUT2D eigenvalue weighted by Crippen LogP contribution is -2.00. The van der Waals surface area contributed by atoms with Crippen LogP contribution in [0.2, 0.25) is 0 Å². The molecule has 0 amide bonds. The molecule has 18 heavy (non-hydrogen) atoms. The van der Waals surface area contributed by atoms with E-state index >= 15 is 0 Å². The van der Waals surface area contributed by atoms with Crippen molar-refractivity contribution in [2.75, 3.05) is 11.1 Å². The Labute approximate surface area is 112 Å². The molecule has 0 bridgehead atoms. The number of nitrogens with one attached hydrogen (secondary N) is 1. The van der Waals surface area contributed by atoms with Gasteiger partial charge in [0.1, 0.15) is 5.69 Å². The fourth-order valence-electron chi connectivity index (χ4n) is 1.61. The summed E-state index contributed by atoms with van der Waals surface area (Å²) < 4.78 is 28.1. The summed E-state index contributed by atoms with van der Waals surface area (Å²) in [6.07, 6.45) is 0. The van der Waals surface area contributed by atoms with Gasteiger partial charge in [-0.2, -0.15) is 0 Å². The molecule has 0 aromatic heterocycles. The Balaban J connectivity index is 2.40. The summed E-state index contributed by atoms with van der Waals surface area (Å²) in [4.78, 5) is 0. The molecule has 0 heterocycles. The van der Waals surface area contributed by atoms with E-state index in [0.29, 0.717) is 5.69 Å². The molecule has 2 rings (SSSR count). The van der Waals surface area contributed by atoms with E-state index in [-0.39, 0.29) is 11.4 Å². The first kappa shape index (κ1) is 12.8. The summed E-state index contributed by atoms with van der Waals surface area (Å²) >= 11 is 3.33. The van der Waals surface area contributed by atoms with Crippen LogP contribution in [-0.2, 0) is 0 Å². The van der Waals surface area contributed by atoms with Crippen molar-refractivity contribution in [3.63, 3.8) is 0 Å². The summed E-state index contributed by atoms with van der Waals surface area (Å²) in [5, 5.41) is 2.74. The first-order chi connectivity index (χ1) is 8.47. The highest BCUT2D eigenvalue weighted by Gasteiger charge is 2.11. The van der Waals surface area contributed by atoms with Crippen LogP contribution in [0.4, 0.5) is 25.8 Å². The number of halogens is 3. The molecule has 2 nitrogen and oxygen atoms in total. The number of nitrogens with two attached hydrogens (primary N) is 1. The van der Waals surface area contributed by atoms with Gasteiger partial charge in [-0.15, -0.1) is 0 Å². The lowest BCUT2D eigenvalue weighted by Gasteiger charge is -2.12. The number of nitrogen functional groups attached to an aromatic ring is 1. The number of hydrogen-bond acceptors (Lipinski definition) is 2. The highest BCUT2D eigenvalue weighted by atomic mass is 79.9. The zero-order valence-corrected chi connectivity index (χ0v) is 11.2. The van der Waals surface area contributed by atoms with Crippen LogP contribution in [0.3, 0.4) is 0 Å². The van der Waals surface area contributed by atoms with Gasteiger partial charge in [0.25, 0.3) is 0 Å². The Hall–Kier alpha value is -1.62. The quantitative estimate of drug-likeness (QED) is 0.808. The molecule has 0 aliphatic carbocycles. The van der Waals surface area contributed by atoms with Crippen LogP contribution in [0.15, 0.2) is 34.8 Å². The molecule has 3 N–H and O–H groups in total. The molecule has 2 aromatic carbocycles. The Morgan fingerprint density at radius 1 is 1.11 bits per heavy atom. The third-order valence-corrected chi connectivity index (χ3v) is 3.01. The molecule has 0 unspecified atom stereocenters. The van der Waals surface area contributed by atoms with E-state index in [1.54, 1.807) is 12.1 Å². The van der Waals surface area contributed by atoms with Crippen molar-refractivity contribution in [2.45, 2.75) is 6.92 Å². The van der Waals surface area contributed by atoms with Crippen LogP contribution < -0.4 is 11.1 Å². The van der Waals surface area contributed by atoms with Crippen molar-refractivity contribution in [2.24, 2.45) is 0 Å². The predicted molar refractivity (Wildman–Crippen MR) is 72.9 cm³/mol. The van der Waals surface area contributed by atoms with Gasteiger partial charge in [0, 0.05) is 15.8 Å². The van der Waals surface area contributed by atoms with Gasteiger partial charge in [0.05, 0.1) is 0 Å². The first-order valence-electron chi connectivity index (χ1n) is 5.25. The van der Waals surface area contributed by atoms with Crippen molar-refractivity contribution in [3.8, 4) is 0 Å². The molecule has 2 aromatic rings. The smallest absolute Gasteiger partial charge is 0.151 e. The van der Waals surface area contributed by atoms with Gasteiger partial charge in [0.15, 0.2) is 11.6 Å². The molecular weight excluding hydrogens is 302 g/mol. The van der Waals surface area contributed by atoms with Crippen LogP contribution in [-0.4, -0.2) is 0 Å². The summed E-state index contributed by atoms with van der Waals surface area (Å²) in [6.45, 7) is 1.85. The van der Waals surface area contributed by atoms with Gasteiger partial charge in [-0.3, -0.25) is 0 Å². The molecule has 0 saturated heterocycles. The maximum Gasteiger partial charge on any atom is 0.151 e. The van der Waals surface area contributed by atoms with Crippen molar-refractivity contribution < 1.29 is 8.78 Å². The van der Waals surface area contributed by atoms with Crippen molar-refractivity contribution in [1.82, 2.24) is 0 Å². The molecule has 0 fully saturated rings. The lowest BCUT2D eigenvalue weighted by molar-refractivity contribution is 0.592. The van der Waals surface area contributed by atoms with E-state index in [0.717, 1.165) is 22.2 Å². The van der Waals surface area contributed by atoms with Crippen LogP contribution in [0.25, 0.3) is 0 Å². The fourth-order valence-corrected chi connectivity index (χ4v) is 2.09. The molecule has 0 atom stereocenters. The van der Waals surface area contributed by atoms with Crippen LogP contribution in [0, 0.1) is 18.6 Å². The Kier molecular flexibility index (Phi) is 3.52. The third-order valence-electron chi connectivity index (χ3n) is 2.51. The highest BCUT2D eigenvalue weighted by molar-refractivity contribution is 9.10. The standard InChI is InChI=1S/C13H11BrF2N2/c1-7-4-8(14)2-3-12(7)18-13-10(15)5-9(17)6-11(13)16/h2-6,18H,17H2,1H3. The van der Waals surface area contributed by atoms with E-state index < -0.39 is 11.6 Å². The zero-order chi connectivity index (χ0) is 13.3. The van der Waals surface area contributed by atoms with Gasteiger partial charge >= 0.3 is 0 Å². The zero-order valence-electron chi connectivity index (χ0n) is 9.60. The van der Waals surface area contributed by atoms with Crippen molar-refractivity contribution in [3.05, 3.63) is 52.0 Å². The maximum absolute atomic E-state index is 13.6. The third kappa shape index (κ3) is 2.61. The topological polar surface area (TPSA) is 38.0 Å². The second-order valence-electron chi connectivity index (χ2n) is 3.94. The second kappa shape index (κ2) is 4.94. The van der Waals surface area contributed by atoms with Crippen molar-refractivity contribution >= 4 is 33.0 Å². The largest absolute Gasteiger partial charge is 0.399 e. The number of rotatable bonds is 2. The van der Waals surface area contributed by atoms with E-state index in [9.17, 15) is 8.78 Å². The van der Waals surface area contributed by atoms with E-state index in [4.69, 9.17) is 5.73 Å². The number of anilines is 3. The monoisotopic (exact) mass is 312 g/mol. The number of benzene rings is 2. The minimum Gasteiger partial charge on any atom is -0.399 e. The lowest BCUT2D eigenvalue weighted by atomic mass is 10.2. The Morgan fingerprint density at radius 2 is 1.72 bits per heavy atom.